The number of hydrogen-bond acceptors (Lipinski definition) is 3. The summed E-state index contributed by atoms with van der Waals surface area (Å²) >= 11 is 5.82. The van der Waals surface area contributed by atoms with Crippen molar-refractivity contribution in [1.29, 1.82) is 0 Å². The zero-order valence-electron chi connectivity index (χ0n) is 17.2. The van der Waals surface area contributed by atoms with Crippen molar-refractivity contribution in [1.82, 2.24) is 10.2 Å². The van der Waals surface area contributed by atoms with Crippen LogP contribution < -0.4 is 10.2 Å². The summed E-state index contributed by atoms with van der Waals surface area (Å²) in [5, 5.41) is 3.54. The van der Waals surface area contributed by atoms with Gasteiger partial charge >= 0.3 is 0 Å². The number of hydrogen-bond donors (Lipinski definition) is 1. The minimum atomic E-state index is -0.261. The summed E-state index contributed by atoms with van der Waals surface area (Å²) in [6, 6.07) is 13.4. The van der Waals surface area contributed by atoms with E-state index < -0.39 is 0 Å². The highest BCUT2D eigenvalue weighted by molar-refractivity contribution is 6.30. The Labute approximate surface area is 183 Å². The zero-order chi connectivity index (χ0) is 20.9. The summed E-state index contributed by atoms with van der Waals surface area (Å²) in [6.07, 6.45) is 3.71. The average molecular weight is 430 g/mol. The van der Waals surface area contributed by atoms with E-state index in [0.29, 0.717) is 23.7 Å². The van der Waals surface area contributed by atoms with E-state index in [1.807, 2.05) is 0 Å². The number of likely N-dealkylation sites (tertiary alicyclic amines) is 1. The van der Waals surface area contributed by atoms with E-state index in [-0.39, 0.29) is 17.6 Å². The fraction of sp³-hybridized carbons (Fsp3) is 0.458. The van der Waals surface area contributed by atoms with Crippen LogP contribution in [0.15, 0.2) is 42.5 Å². The normalized spacial score (nSPS) is 17.2. The number of benzene rings is 2. The second kappa shape index (κ2) is 9.80. The molecule has 2 aromatic rings. The number of nitrogens with one attached hydrogen (secondary N) is 1. The molecule has 0 aliphatic carbocycles. The molecule has 160 valence electrons. The van der Waals surface area contributed by atoms with Crippen molar-refractivity contribution in [3.05, 3.63) is 64.4 Å². The number of para-hydroxylation sites is 1. The molecule has 1 N–H and O–H groups in total. The van der Waals surface area contributed by atoms with Gasteiger partial charge in [0.05, 0.1) is 0 Å². The van der Waals surface area contributed by atoms with Gasteiger partial charge in [-0.1, -0.05) is 35.9 Å². The van der Waals surface area contributed by atoms with Crippen LogP contribution in [0.3, 0.4) is 0 Å². The van der Waals surface area contributed by atoms with Gasteiger partial charge < -0.3 is 10.2 Å². The Morgan fingerprint density at radius 2 is 1.93 bits per heavy atom. The lowest BCUT2D eigenvalue weighted by Crippen LogP contribution is -2.41. The van der Waals surface area contributed by atoms with Gasteiger partial charge in [0.1, 0.15) is 5.82 Å². The summed E-state index contributed by atoms with van der Waals surface area (Å²) in [5.41, 5.74) is 3.42. The molecule has 1 amide bonds. The molecular weight excluding hydrogens is 401 g/mol. The van der Waals surface area contributed by atoms with Crippen LogP contribution in [0.1, 0.15) is 30.4 Å². The van der Waals surface area contributed by atoms with Crippen LogP contribution in [-0.4, -0.2) is 43.5 Å². The largest absolute Gasteiger partial charge is 0.371 e. The van der Waals surface area contributed by atoms with Gasteiger partial charge in [0.25, 0.3) is 0 Å². The molecule has 0 saturated carbocycles. The molecule has 0 radical (unpaired) electrons. The van der Waals surface area contributed by atoms with Crippen LogP contribution in [-0.2, 0) is 17.8 Å². The average Bonchev–Trinajstić information content (AvgIpc) is 3.17. The first kappa shape index (κ1) is 21.1. The molecule has 6 heteroatoms. The summed E-state index contributed by atoms with van der Waals surface area (Å²) in [5.74, 6) is -0.0408. The molecule has 0 spiro atoms. The number of nitrogens with zero attached hydrogens (tertiary/aromatic N) is 2. The topological polar surface area (TPSA) is 35.6 Å². The molecule has 4 nitrogen and oxygen atoms in total. The Morgan fingerprint density at radius 1 is 1.13 bits per heavy atom. The third kappa shape index (κ3) is 5.13. The number of amides is 1. The van der Waals surface area contributed by atoms with E-state index >= 15 is 0 Å². The monoisotopic (exact) mass is 429 g/mol. The molecule has 1 saturated heterocycles. The van der Waals surface area contributed by atoms with Crippen LogP contribution in [0.4, 0.5) is 10.1 Å². The highest BCUT2D eigenvalue weighted by Gasteiger charge is 2.25. The molecule has 0 atom stereocenters. The van der Waals surface area contributed by atoms with Crippen molar-refractivity contribution in [3.63, 3.8) is 0 Å². The van der Waals surface area contributed by atoms with E-state index in [2.05, 4.69) is 39.4 Å². The van der Waals surface area contributed by atoms with E-state index in [1.165, 1.54) is 17.3 Å². The number of rotatable bonds is 7. The lowest BCUT2D eigenvalue weighted by atomic mass is 9.95. The molecule has 2 aliphatic heterocycles. The van der Waals surface area contributed by atoms with Crippen LogP contribution in [0.5, 0.6) is 0 Å². The maximum absolute atomic E-state index is 14.0. The van der Waals surface area contributed by atoms with Crippen molar-refractivity contribution < 1.29 is 9.18 Å². The van der Waals surface area contributed by atoms with Gasteiger partial charge in [0.15, 0.2) is 0 Å². The van der Waals surface area contributed by atoms with Crippen LogP contribution in [0, 0.1) is 11.7 Å². The molecule has 1 fully saturated rings. The second-order valence-corrected chi connectivity index (χ2v) is 8.73. The maximum Gasteiger partial charge on any atom is 0.223 e. The highest BCUT2D eigenvalue weighted by atomic mass is 35.5. The van der Waals surface area contributed by atoms with Crippen molar-refractivity contribution in [2.75, 3.05) is 37.6 Å². The number of carbonyl (C=O) groups is 1. The predicted molar refractivity (Wildman–Crippen MR) is 119 cm³/mol. The minimum absolute atomic E-state index is 0.0591. The van der Waals surface area contributed by atoms with Gasteiger partial charge in [-0.2, -0.15) is 0 Å². The summed E-state index contributed by atoms with van der Waals surface area (Å²) in [4.78, 5) is 17.2. The maximum atomic E-state index is 14.0. The van der Waals surface area contributed by atoms with Gasteiger partial charge in [0, 0.05) is 48.4 Å². The molecule has 4 rings (SSSR count). The van der Waals surface area contributed by atoms with E-state index in [0.717, 1.165) is 51.9 Å². The summed E-state index contributed by atoms with van der Waals surface area (Å²) in [7, 11) is 0. The predicted octanol–water partition coefficient (Wildman–Crippen LogP) is 4.26. The molecular formula is C24H29ClFN3O. The van der Waals surface area contributed by atoms with E-state index in [1.54, 1.807) is 12.1 Å². The zero-order valence-corrected chi connectivity index (χ0v) is 18.0. The Kier molecular flexibility index (Phi) is 6.90. The number of carbonyl (C=O) groups excluding carboxylic acids is 1. The van der Waals surface area contributed by atoms with Crippen LogP contribution in [0.2, 0.25) is 5.02 Å². The Bertz CT molecular complexity index is 883. The lowest BCUT2D eigenvalue weighted by molar-refractivity contribution is -0.126. The quantitative estimate of drug-likeness (QED) is 0.668. The van der Waals surface area contributed by atoms with E-state index in [9.17, 15) is 9.18 Å². The molecule has 2 heterocycles. The Balaban J connectivity index is 1.15. The highest BCUT2D eigenvalue weighted by Crippen LogP contribution is 2.27. The first-order valence-corrected chi connectivity index (χ1v) is 11.2. The third-order valence-corrected chi connectivity index (χ3v) is 6.49. The van der Waals surface area contributed by atoms with Crippen molar-refractivity contribution in [2.45, 2.75) is 32.2 Å². The fourth-order valence-corrected chi connectivity index (χ4v) is 4.67. The first-order chi connectivity index (χ1) is 14.6. The third-order valence-electron chi connectivity index (χ3n) is 6.25. The van der Waals surface area contributed by atoms with Gasteiger partial charge in [0.2, 0.25) is 5.91 Å². The number of halogens is 2. The van der Waals surface area contributed by atoms with E-state index in [4.69, 9.17) is 11.6 Å². The number of anilines is 1. The van der Waals surface area contributed by atoms with Crippen LogP contribution >= 0.6 is 11.6 Å². The lowest BCUT2D eigenvalue weighted by Gasteiger charge is -2.31. The van der Waals surface area contributed by atoms with Gasteiger partial charge in [-0.3, -0.25) is 9.69 Å². The molecule has 2 aliphatic rings. The minimum Gasteiger partial charge on any atom is -0.371 e. The molecule has 0 unspecified atom stereocenters. The smallest absolute Gasteiger partial charge is 0.223 e. The standard InChI is InChI=1S/C24H29ClFN3O/c25-21-7-6-20(22(26)16-21)17-28-13-8-19(9-14-28)24(30)27-11-3-12-29-15-10-18-4-1-2-5-23(18)29/h1-2,4-7,16,19H,3,8-15,17H2,(H,27,30). The van der Waals surface area contributed by atoms with Crippen molar-refractivity contribution in [3.8, 4) is 0 Å². The van der Waals surface area contributed by atoms with Crippen molar-refractivity contribution >= 4 is 23.2 Å². The van der Waals surface area contributed by atoms with Gasteiger partial charge in [-0.05, 0) is 62.5 Å². The SMILES string of the molecule is O=C(NCCCN1CCc2ccccc21)C1CCN(Cc2ccc(Cl)cc2F)CC1. The fourth-order valence-electron chi connectivity index (χ4n) is 4.51. The summed E-state index contributed by atoms with van der Waals surface area (Å²) in [6.45, 7) is 4.94. The summed E-state index contributed by atoms with van der Waals surface area (Å²) < 4.78 is 14.0. The Morgan fingerprint density at radius 3 is 2.73 bits per heavy atom. The first-order valence-electron chi connectivity index (χ1n) is 10.9. The molecule has 0 bridgehead atoms. The van der Waals surface area contributed by atoms with Crippen molar-refractivity contribution in [2.24, 2.45) is 5.92 Å². The van der Waals surface area contributed by atoms with Gasteiger partial charge in [-0.15, -0.1) is 0 Å². The Hall–Kier alpha value is -2.11. The molecule has 30 heavy (non-hydrogen) atoms. The number of piperidine rings is 1. The number of fused-ring (bicyclic) bond motifs is 1. The van der Waals surface area contributed by atoms with Crippen LogP contribution in [0.25, 0.3) is 0 Å². The second-order valence-electron chi connectivity index (χ2n) is 8.30. The molecule has 2 aromatic carbocycles. The van der Waals surface area contributed by atoms with Gasteiger partial charge in [-0.25, -0.2) is 4.39 Å². The molecule has 0 aromatic heterocycles.